The first-order valence-electron chi connectivity index (χ1n) is 13.5. The molecule has 0 aromatic heterocycles. The van der Waals surface area contributed by atoms with Crippen LogP contribution in [0.4, 0.5) is 0 Å². The zero-order valence-corrected chi connectivity index (χ0v) is 22.4. The van der Waals surface area contributed by atoms with E-state index in [4.69, 9.17) is 0 Å². The molecule has 0 bridgehead atoms. The monoisotopic (exact) mass is 456 g/mol. The fourth-order valence-electron chi connectivity index (χ4n) is 9.07. The number of rotatable bonds is 4. The summed E-state index contributed by atoms with van der Waals surface area (Å²) in [6, 6.07) is 0. The largest absolute Gasteiger partial charge is 0.393 e. The molecule has 2 fully saturated rings. The highest BCUT2D eigenvalue weighted by Gasteiger charge is 2.65. The summed E-state index contributed by atoms with van der Waals surface area (Å²) in [5, 5.41) is 21.8. The molecule has 4 aliphatic carbocycles. The van der Waals surface area contributed by atoms with Crippen LogP contribution >= 0.6 is 0 Å². The lowest BCUT2D eigenvalue weighted by atomic mass is 9.43. The second-order valence-corrected chi connectivity index (χ2v) is 13.7. The maximum absolute atomic E-state index is 13.9. The van der Waals surface area contributed by atoms with Crippen LogP contribution in [0.5, 0.6) is 0 Å². The second-order valence-electron chi connectivity index (χ2n) is 13.7. The summed E-state index contributed by atoms with van der Waals surface area (Å²) in [7, 11) is 0. The Bertz CT molecular complexity index is 877. The number of fused-ring (bicyclic) bond motifs is 4. The standard InChI is InChI=1S/C30H48O3/c1-18(2)9-10-22(31)19(3)20-11-16-30(8)26-21(12-15-29(20,30)7)28(6)14-13-25(33)27(4,5)24(28)17-23(26)32/h9,19-20,22,24-25,31,33H,10-17H2,1-8H3/t19-,20+,22?,24-,25-,28+,29+,30-/m0/s1. The predicted molar refractivity (Wildman–Crippen MR) is 135 cm³/mol. The van der Waals surface area contributed by atoms with Crippen LogP contribution in [0.1, 0.15) is 107 Å². The van der Waals surface area contributed by atoms with Crippen LogP contribution in [-0.2, 0) is 4.79 Å². The summed E-state index contributed by atoms with van der Waals surface area (Å²) >= 11 is 0. The van der Waals surface area contributed by atoms with Gasteiger partial charge in [0, 0.05) is 17.4 Å². The van der Waals surface area contributed by atoms with E-state index in [-0.39, 0.29) is 45.7 Å². The Morgan fingerprint density at radius 2 is 1.76 bits per heavy atom. The van der Waals surface area contributed by atoms with E-state index < -0.39 is 0 Å². The third-order valence-corrected chi connectivity index (χ3v) is 11.6. The molecule has 0 amide bonds. The van der Waals surface area contributed by atoms with Gasteiger partial charge in [0.25, 0.3) is 0 Å². The summed E-state index contributed by atoms with van der Waals surface area (Å²) in [5.74, 6) is 1.22. The summed E-state index contributed by atoms with van der Waals surface area (Å²) in [6.07, 6.45) is 8.86. The molecule has 2 saturated carbocycles. The van der Waals surface area contributed by atoms with Crippen LogP contribution < -0.4 is 0 Å². The van der Waals surface area contributed by atoms with Gasteiger partial charge in [0.15, 0.2) is 5.78 Å². The van der Waals surface area contributed by atoms with Gasteiger partial charge in [-0.2, -0.15) is 0 Å². The first kappa shape index (κ1) is 25.2. The summed E-state index contributed by atoms with van der Waals surface area (Å²) in [5.41, 5.74) is 3.57. The Morgan fingerprint density at radius 1 is 1.09 bits per heavy atom. The van der Waals surface area contributed by atoms with Gasteiger partial charge in [0.05, 0.1) is 12.2 Å². The minimum Gasteiger partial charge on any atom is -0.393 e. The molecule has 1 unspecified atom stereocenters. The number of carbonyl (C=O) groups is 1. The number of carbonyl (C=O) groups excluding carboxylic acids is 1. The van der Waals surface area contributed by atoms with Crippen molar-refractivity contribution < 1.29 is 15.0 Å². The fraction of sp³-hybridized carbons (Fsp3) is 0.833. The second kappa shape index (κ2) is 8.05. The van der Waals surface area contributed by atoms with Crippen molar-refractivity contribution in [3.8, 4) is 0 Å². The van der Waals surface area contributed by atoms with Gasteiger partial charge in [0.1, 0.15) is 0 Å². The molecule has 8 atom stereocenters. The Kier molecular flexibility index (Phi) is 6.14. The molecule has 3 nitrogen and oxygen atoms in total. The Balaban J connectivity index is 1.72. The minimum absolute atomic E-state index is 0.0168. The van der Waals surface area contributed by atoms with E-state index >= 15 is 0 Å². The van der Waals surface area contributed by atoms with Gasteiger partial charge in [-0.3, -0.25) is 4.79 Å². The zero-order valence-electron chi connectivity index (χ0n) is 22.4. The van der Waals surface area contributed by atoms with E-state index in [1.54, 1.807) is 0 Å². The van der Waals surface area contributed by atoms with E-state index in [0.717, 1.165) is 50.5 Å². The molecule has 186 valence electrons. The lowest BCUT2D eigenvalue weighted by molar-refractivity contribution is -0.134. The number of allylic oxidation sites excluding steroid dienone is 3. The number of hydrogen-bond donors (Lipinski definition) is 2. The third kappa shape index (κ3) is 3.46. The van der Waals surface area contributed by atoms with Gasteiger partial charge in [-0.15, -0.1) is 0 Å². The number of aliphatic hydroxyl groups excluding tert-OH is 2. The van der Waals surface area contributed by atoms with Crippen LogP contribution in [0.25, 0.3) is 0 Å². The molecular formula is C30H48O3. The van der Waals surface area contributed by atoms with E-state index in [1.807, 2.05) is 0 Å². The van der Waals surface area contributed by atoms with Gasteiger partial charge in [-0.25, -0.2) is 0 Å². The van der Waals surface area contributed by atoms with Gasteiger partial charge in [0.2, 0.25) is 0 Å². The van der Waals surface area contributed by atoms with Crippen molar-refractivity contribution >= 4 is 5.78 Å². The smallest absolute Gasteiger partial charge is 0.159 e. The van der Waals surface area contributed by atoms with E-state index in [0.29, 0.717) is 18.1 Å². The molecule has 0 heterocycles. The normalized spacial score (nSPS) is 43.9. The Labute approximate surface area is 202 Å². The van der Waals surface area contributed by atoms with Crippen molar-refractivity contribution in [2.24, 2.45) is 39.4 Å². The SMILES string of the molecule is CC(C)=CCC(O)[C@@H](C)[C@H]1CC[C@@]2(C)C3=C(CC[C@]12C)[C@@]1(C)CC[C@H](O)C(C)(C)[C@@H]1CC3=O. The number of aliphatic hydroxyl groups is 2. The predicted octanol–water partition coefficient (Wildman–Crippen LogP) is 6.63. The van der Waals surface area contributed by atoms with Crippen molar-refractivity contribution in [2.45, 2.75) is 119 Å². The fourth-order valence-corrected chi connectivity index (χ4v) is 9.07. The highest BCUT2D eigenvalue weighted by Crippen LogP contribution is 2.71. The number of hydrogen-bond acceptors (Lipinski definition) is 3. The molecule has 0 aromatic rings. The molecule has 4 aliphatic rings. The third-order valence-electron chi connectivity index (χ3n) is 11.6. The van der Waals surface area contributed by atoms with Gasteiger partial charge < -0.3 is 10.2 Å². The van der Waals surface area contributed by atoms with Gasteiger partial charge >= 0.3 is 0 Å². The topological polar surface area (TPSA) is 57.5 Å². The molecular weight excluding hydrogens is 408 g/mol. The Hall–Kier alpha value is -0.930. The summed E-state index contributed by atoms with van der Waals surface area (Å²) in [6.45, 7) is 18.0. The van der Waals surface area contributed by atoms with Crippen LogP contribution in [0, 0.1) is 39.4 Å². The quantitative estimate of drug-likeness (QED) is 0.467. The minimum atomic E-state index is -0.330. The first-order chi connectivity index (χ1) is 15.2. The molecule has 0 spiro atoms. The molecule has 0 aliphatic heterocycles. The first-order valence-corrected chi connectivity index (χ1v) is 13.5. The summed E-state index contributed by atoms with van der Waals surface area (Å²) in [4.78, 5) is 13.9. The summed E-state index contributed by atoms with van der Waals surface area (Å²) < 4.78 is 0. The molecule has 0 saturated heterocycles. The van der Waals surface area contributed by atoms with E-state index in [1.165, 1.54) is 11.1 Å². The molecule has 3 heteroatoms. The lowest BCUT2D eigenvalue weighted by Crippen LogP contribution is -2.57. The van der Waals surface area contributed by atoms with Crippen LogP contribution in [0.3, 0.4) is 0 Å². The van der Waals surface area contributed by atoms with Crippen LogP contribution in [-0.4, -0.2) is 28.2 Å². The molecule has 4 rings (SSSR count). The van der Waals surface area contributed by atoms with Crippen LogP contribution in [0.2, 0.25) is 0 Å². The molecule has 0 radical (unpaired) electrons. The molecule has 33 heavy (non-hydrogen) atoms. The van der Waals surface area contributed by atoms with Crippen molar-refractivity contribution in [1.29, 1.82) is 0 Å². The maximum Gasteiger partial charge on any atom is 0.159 e. The average molecular weight is 457 g/mol. The van der Waals surface area contributed by atoms with Crippen LogP contribution in [0.15, 0.2) is 22.8 Å². The Morgan fingerprint density at radius 3 is 2.39 bits per heavy atom. The van der Waals surface area contributed by atoms with Crippen molar-refractivity contribution in [1.82, 2.24) is 0 Å². The highest BCUT2D eigenvalue weighted by atomic mass is 16.3. The highest BCUT2D eigenvalue weighted by molar-refractivity contribution is 5.99. The molecule has 2 N–H and O–H groups in total. The van der Waals surface area contributed by atoms with Crippen molar-refractivity contribution in [3.05, 3.63) is 22.8 Å². The average Bonchev–Trinajstić information content (AvgIpc) is 3.01. The lowest BCUT2D eigenvalue weighted by Gasteiger charge is -2.61. The number of Topliss-reactive ketones (excluding diaryl/α,β-unsaturated/α-hetero) is 1. The van der Waals surface area contributed by atoms with E-state index in [9.17, 15) is 15.0 Å². The van der Waals surface area contributed by atoms with Gasteiger partial charge in [-0.1, -0.05) is 58.8 Å². The molecule has 0 aromatic carbocycles. The van der Waals surface area contributed by atoms with Crippen molar-refractivity contribution in [2.75, 3.05) is 0 Å². The van der Waals surface area contributed by atoms with E-state index in [2.05, 4.69) is 61.5 Å². The van der Waals surface area contributed by atoms with Crippen molar-refractivity contribution in [3.63, 3.8) is 0 Å². The zero-order chi connectivity index (χ0) is 24.6. The maximum atomic E-state index is 13.9. The number of ketones is 1. The van der Waals surface area contributed by atoms with Gasteiger partial charge in [-0.05, 0) is 92.8 Å².